The molecule has 0 aliphatic carbocycles. The molecule has 0 heterocycles. The molecule has 1 atom stereocenters. The van der Waals surface area contributed by atoms with Crippen molar-refractivity contribution >= 4 is 0 Å². The van der Waals surface area contributed by atoms with Gasteiger partial charge in [-0.3, -0.25) is 0 Å². The van der Waals surface area contributed by atoms with E-state index < -0.39 is 0 Å². The van der Waals surface area contributed by atoms with Crippen LogP contribution in [-0.2, 0) is 0 Å². The smallest absolute Gasteiger partial charge is 0.0808 e. The Kier molecular flexibility index (Phi) is 24.0. The van der Waals surface area contributed by atoms with Gasteiger partial charge in [-0.05, 0) is 12.8 Å². The monoisotopic (exact) mass is 453 g/mol. The maximum absolute atomic E-state index is 12.2. The van der Waals surface area contributed by atoms with Gasteiger partial charge >= 0.3 is 0 Å². The molecular weight excluding hydrogens is 390 g/mol. The van der Waals surface area contributed by atoms with Crippen LogP contribution in [0.1, 0.15) is 168 Å². The molecule has 0 aromatic carbocycles. The van der Waals surface area contributed by atoms with E-state index in [1.807, 2.05) is 14.1 Å². The van der Waals surface area contributed by atoms with Gasteiger partial charge < -0.3 is 9.85 Å². The Morgan fingerprint density at radius 3 is 0.938 bits per heavy atom. The molecule has 0 aliphatic rings. The van der Waals surface area contributed by atoms with Crippen LogP contribution in [0.3, 0.4) is 0 Å². The summed E-state index contributed by atoms with van der Waals surface area (Å²) in [5.74, 6) is 0.639. The van der Waals surface area contributed by atoms with Crippen molar-refractivity contribution in [2.75, 3.05) is 20.6 Å². The van der Waals surface area contributed by atoms with Crippen LogP contribution in [0, 0.1) is 11.1 Å². The largest absolute Gasteiger partial charge is 0.633 e. The third-order valence-electron chi connectivity index (χ3n) is 7.13. The van der Waals surface area contributed by atoms with Crippen LogP contribution in [0.2, 0.25) is 0 Å². The second kappa shape index (κ2) is 24.1. The van der Waals surface area contributed by atoms with E-state index in [9.17, 15) is 5.21 Å². The fourth-order valence-electron chi connectivity index (χ4n) is 5.14. The van der Waals surface area contributed by atoms with Crippen LogP contribution in [0.5, 0.6) is 0 Å². The summed E-state index contributed by atoms with van der Waals surface area (Å²) in [4.78, 5) is 0. The second-order valence-electron chi connectivity index (χ2n) is 11.3. The second-order valence-corrected chi connectivity index (χ2v) is 11.3. The zero-order chi connectivity index (χ0) is 23.8. The van der Waals surface area contributed by atoms with Gasteiger partial charge in [0.1, 0.15) is 0 Å². The molecule has 0 saturated heterocycles. The molecule has 0 spiro atoms. The molecule has 0 radical (unpaired) electrons. The lowest BCUT2D eigenvalue weighted by atomic mass is 9.93. The molecule has 0 aromatic rings. The van der Waals surface area contributed by atoms with Crippen molar-refractivity contribution < 1.29 is 4.65 Å². The van der Waals surface area contributed by atoms with E-state index in [0.29, 0.717) is 5.92 Å². The Bertz CT molecular complexity index is 349. The molecule has 194 valence electrons. The third kappa shape index (κ3) is 26.2. The Hall–Kier alpha value is -0.0800. The summed E-state index contributed by atoms with van der Waals surface area (Å²) in [6.45, 7) is 5.39. The van der Waals surface area contributed by atoms with Gasteiger partial charge in [-0.15, -0.1) is 0 Å². The SMILES string of the molecule is CCCCCCCCCCCCCCCCCCC(CCCCCCCC)C[N+](C)(C)[O-]. The number of hydrogen-bond donors (Lipinski definition) is 0. The highest BCUT2D eigenvalue weighted by molar-refractivity contribution is 4.61. The minimum Gasteiger partial charge on any atom is -0.633 e. The average Bonchev–Trinajstić information content (AvgIpc) is 2.74. The van der Waals surface area contributed by atoms with E-state index >= 15 is 0 Å². The van der Waals surface area contributed by atoms with E-state index in [-0.39, 0.29) is 4.65 Å². The first-order valence-corrected chi connectivity index (χ1v) is 15.0. The van der Waals surface area contributed by atoms with Crippen LogP contribution in [0.15, 0.2) is 0 Å². The summed E-state index contributed by atoms with van der Waals surface area (Å²) in [5, 5.41) is 12.2. The molecule has 1 unspecified atom stereocenters. The maximum atomic E-state index is 12.2. The van der Waals surface area contributed by atoms with Gasteiger partial charge in [-0.2, -0.15) is 0 Å². The first-order chi connectivity index (χ1) is 15.5. The van der Waals surface area contributed by atoms with E-state index in [2.05, 4.69) is 13.8 Å². The summed E-state index contributed by atoms with van der Waals surface area (Å²) in [6.07, 6.45) is 33.6. The lowest BCUT2D eigenvalue weighted by Gasteiger charge is -2.37. The first-order valence-electron chi connectivity index (χ1n) is 15.0. The molecule has 0 aromatic heterocycles. The number of nitrogens with zero attached hydrogens (tertiary/aromatic N) is 1. The van der Waals surface area contributed by atoms with Gasteiger partial charge in [-0.25, -0.2) is 0 Å². The lowest BCUT2D eigenvalue weighted by Crippen LogP contribution is -2.37. The van der Waals surface area contributed by atoms with Gasteiger partial charge in [0, 0.05) is 5.92 Å². The fraction of sp³-hybridized carbons (Fsp3) is 1.00. The predicted molar refractivity (Wildman–Crippen MR) is 146 cm³/mol. The van der Waals surface area contributed by atoms with Crippen molar-refractivity contribution in [3.8, 4) is 0 Å². The standard InChI is InChI=1S/C30H63NO/c1-5-7-9-11-13-14-15-16-17-18-19-20-21-22-24-26-28-30(29-31(3,4)32)27-25-23-12-10-8-6-2/h30H,5-29H2,1-4H3. The zero-order valence-electron chi connectivity index (χ0n) is 23.1. The van der Waals surface area contributed by atoms with Crippen LogP contribution in [0.4, 0.5) is 0 Å². The Morgan fingerprint density at radius 2 is 0.688 bits per heavy atom. The van der Waals surface area contributed by atoms with Gasteiger partial charge in [-0.1, -0.05) is 155 Å². The van der Waals surface area contributed by atoms with Crippen LogP contribution in [-0.4, -0.2) is 25.3 Å². The molecule has 0 saturated carbocycles. The summed E-state index contributed by atoms with van der Waals surface area (Å²) in [6, 6.07) is 0. The maximum Gasteiger partial charge on any atom is 0.0808 e. The van der Waals surface area contributed by atoms with Crippen molar-refractivity contribution in [2.45, 2.75) is 168 Å². The molecule has 0 bridgehead atoms. The van der Waals surface area contributed by atoms with E-state index in [0.717, 1.165) is 6.54 Å². The number of hydroxylamine groups is 3. The molecule has 0 rings (SSSR count). The Labute approximate surface area is 204 Å². The van der Waals surface area contributed by atoms with E-state index in [4.69, 9.17) is 0 Å². The molecule has 0 fully saturated rings. The van der Waals surface area contributed by atoms with Gasteiger partial charge in [0.15, 0.2) is 0 Å². The number of rotatable bonds is 26. The topological polar surface area (TPSA) is 23.1 Å². The highest BCUT2D eigenvalue weighted by atomic mass is 16.5. The normalized spacial score (nSPS) is 13.0. The highest BCUT2D eigenvalue weighted by Gasteiger charge is 2.15. The molecule has 0 amide bonds. The molecule has 2 nitrogen and oxygen atoms in total. The lowest BCUT2D eigenvalue weighted by molar-refractivity contribution is -0.843. The highest BCUT2D eigenvalue weighted by Crippen LogP contribution is 2.22. The minimum absolute atomic E-state index is 0.112. The van der Waals surface area contributed by atoms with Crippen LogP contribution in [0.25, 0.3) is 0 Å². The van der Waals surface area contributed by atoms with Crippen molar-refractivity contribution in [2.24, 2.45) is 5.92 Å². The quantitative estimate of drug-likeness (QED) is 0.0725. The number of hydrogen-bond acceptors (Lipinski definition) is 1. The van der Waals surface area contributed by atoms with Gasteiger partial charge in [0.05, 0.1) is 20.6 Å². The van der Waals surface area contributed by atoms with Crippen LogP contribution >= 0.6 is 0 Å². The zero-order valence-corrected chi connectivity index (χ0v) is 23.1. The summed E-state index contributed by atoms with van der Waals surface area (Å²) < 4.78 is -0.112. The molecule has 32 heavy (non-hydrogen) atoms. The molecule has 0 N–H and O–H groups in total. The summed E-state index contributed by atoms with van der Waals surface area (Å²) in [5.41, 5.74) is 0. The van der Waals surface area contributed by atoms with Crippen molar-refractivity contribution in [3.05, 3.63) is 5.21 Å². The van der Waals surface area contributed by atoms with Crippen molar-refractivity contribution in [3.63, 3.8) is 0 Å². The third-order valence-corrected chi connectivity index (χ3v) is 7.13. The van der Waals surface area contributed by atoms with Gasteiger partial charge in [0.2, 0.25) is 0 Å². The molecule has 2 heteroatoms. The summed E-state index contributed by atoms with van der Waals surface area (Å²) >= 11 is 0. The van der Waals surface area contributed by atoms with Crippen LogP contribution < -0.4 is 0 Å². The number of unbranched alkanes of at least 4 members (excludes halogenated alkanes) is 20. The average molecular weight is 454 g/mol. The molecule has 0 aliphatic heterocycles. The Balaban J connectivity index is 3.54. The van der Waals surface area contributed by atoms with E-state index in [1.54, 1.807) is 0 Å². The molecular formula is C30H63NO. The van der Waals surface area contributed by atoms with Crippen molar-refractivity contribution in [1.29, 1.82) is 0 Å². The van der Waals surface area contributed by atoms with E-state index in [1.165, 1.54) is 154 Å². The summed E-state index contributed by atoms with van der Waals surface area (Å²) in [7, 11) is 3.64. The fourth-order valence-corrected chi connectivity index (χ4v) is 5.14. The Morgan fingerprint density at radius 1 is 0.438 bits per heavy atom. The van der Waals surface area contributed by atoms with Crippen molar-refractivity contribution in [1.82, 2.24) is 0 Å². The number of quaternary nitrogens is 1. The minimum atomic E-state index is -0.112. The first kappa shape index (κ1) is 31.9. The van der Waals surface area contributed by atoms with Gasteiger partial charge in [0.25, 0.3) is 0 Å². The predicted octanol–water partition coefficient (Wildman–Crippen LogP) is 10.6.